The van der Waals surface area contributed by atoms with Crippen molar-refractivity contribution >= 4 is 28.9 Å². The van der Waals surface area contributed by atoms with Crippen LogP contribution in [-0.2, 0) is 6.54 Å². The van der Waals surface area contributed by atoms with Gasteiger partial charge in [-0.3, -0.25) is 5.41 Å². The number of likely N-dealkylation sites (N-methyl/N-ethyl adjacent to an activating group) is 1. The van der Waals surface area contributed by atoms with Gasteiger partial charge in [0.2, 0.25) is 0 Å². The molecule has 0 amide bonds. The van der Waals surface area contributed by atoms with Crippen LogP contribution in [0.15, 0.2) is 28.0 Å². The van der Waals surface area contributed by atoms with Crippen molar-refractivity contribution in [2.45, 2.75) is 6.54 Å². The van der Waals surface area contributed by atoms with E-state index in [2.05, 4.69) is 34.1 Å². The van der Waals surface area contributed by atoms with E-state index in [0.717, 1.165) is 30.7 Å². The van der Waals surface area contributed by atoms with E-state index >= 15 is 0 Å². The topological polar surface area (TPSA) is 142 Å². The number of aromatic nitrogens is 2. The molecule has 3 rings (SSSR count). The number of nitrogens with one attached hydrogen (secondary N) is 1. The summed E-state index contributed by atoms with van der Waals surface area (Å²) in [7, 11) is 4.39. The van der Waals surface area contributed by atoms with Gasteiger partial charge in [-0.15, -0.1) is 0 Å². The van der Waals surface area contributed by atoms with Crippen molar-refractivity contribution in [1.82, 2.24) is 14.7 Å². The van der Waals surface area contributed by atoms with Crippen molar-refractivity contribution in [1.29, 1.82) is 5.41 Å². The Labute approximate surface area is 152 Å². The van der Waals surface area contributed by atoms with Gasteiger partial charge in [-0.1, -0.05) is 0 Å². The summed E-state index contributed by atoms with van der Waals surface area (Å²) in [4.78, 5) is 11.1. The molecule has 140 valence electrons. The van der Waals surface area contributed by atoms with Crippen LogP contribution in [0.5, 0.6) is 0 Å². The summed E-state index contributed by atoms with van der Waals surface area (Å²) >= 11 is 0. The van der Waals surface area contributed by atoms with Crippen LogP contribution in [0.2, 0.25) is 0 Å². The maximum absolute atomic E-state index is 9.03. The van der Waals surface area contributed by atoms with Gasteiger partial charge in [0.1, 0.15) is 11.5 Å². The molecular formula is C16H26N9O+. The van der Waals surface area contributed by atoms with Crippen LogP contribution in [0.25, 0.3) is 0 Å². The number of aliphatic imine (C=N–C) groups is 2. The van der Waals surface area contributed by atoms with E-state index in [4.69, 9.17) is 22.0 Å². The summed E-state index contributed by atoms with van der Waals surface area (Å²) in [5, 5.41) is 21.3. The van der Waals surface area contributed by atoms with Gasteiger partial charge in [0, 0.05) is 0 Å². The highest BCUT2D eigenvalue weighted by atomic mass is 16.3. The summed E-state index contributed by atoms with van der Waals surface area (Å²) < 4.78 is 2.43. The largest absolute Gasteiger partial charge is 0.396 e. The van der Waals surface area contributed by atoms with E-state index in [1.54, 1.807) is 6.08 Å². The average molecular weight is 360 g/mol. The normalized spacial score (nSPS) is 21.7. The zero-order valence-electron chi connectivity index (χ0n) is 15.2. The number of quaternary nitrogens is 1. The Morgan fingerprint density at radius 1 is 1.31 bits per heavy atom. The molecule has 0 aliphatic carbocycles. The molecule has 1 aromatic heterocycles. The Kier molecular flexibility index (Phi) is 4.79. The van der Waals surface area contributed by atoms with Crippen LogP contribution in [0.1, 0.15) is 0 Å². The molecule has 3 heterocycles. The van der Waals surface area contributed by atoms with Gasteiger partial charge in [-0.05, 0) is 6.08 Å². The van der Waals surface area contributed by atoms with Crippen molar-refractivity contribution in [2.24, 2.45) is 15.7 Å². The number of piperazine rings is 1. The maximum atomic E-state index is 9.03. The summed E-state index contributed by atoms with van der Waals surface area (Å²) in [6.45, 7) is 3.85. The van der Waals surface area contributed by atoms with Gasteiger partial charge in [0.15, 0.2) is 11.7 Å². The first-order valence-corrected chi connectivity index (χ1v) is 8.54. The molecule has 1 aromatic rings. The predicted octanol–water partition coefficient (Wildman–Crippen LogP) is -0.846. The number of nitrogens with two attached hydrogens (primary N) is 2. The number of anilines is 1. The van der Waals surface area contributed by atoms with Gasteiger partial charge >= 0.3 is 0 Å². The number of nitrogen functional groups attached to an aromatic ring is 1. The second-order valence-electron chi connectivity index (χ2n) is 7.12. The number of rotatable bonds is 3. The molecule has 10 heteroatoms. The van der Waals surface area contributed by atoms with E-state index in [1.807, 2.05) is 0 Å². The lowest BCUT2D eigenvalue weighted by molar-refractivity contribution is -0.894. The fourth-order valence-corrected chi connectivity index (χ4v) is 2.92. The molecule has 0 bridgehead atoms. The zero-order valence-corrected chi connectivity index (χ0v) is 15.2. The maximum Gasteiger partial charge on any atom is 0.178 e. The Morgan fingerprint density at radius 3 is 2.65 bits per heavy atom. The van der Waals surface area contributed by atoms with Crippen molar-refractivity contribution in [3.8, 4) is 0 Å². The lowest BCUT2D eigenvalue weighted by atomic mass is 10.1. The molecule has 0 atom stereocenters. The van der Waals surface area contributed by atoms with Gasteiger partial charge in [-0.2, -0.15) is 5.10 Å². The molecule has 0 spiro atoms. The third-order valence-corrected chi connectivity index (χ3v) is 4.66. The van der Waals surface area contributed by atoms with Crippen molar-refractivity contribution in [3.05, 3.63) is 18.0 Å². The summed E-state index contributed by atoms with van der Waals surface area (Å²) in [5.74, 6) is 1.25. The first-order chi connectivity index (χ1) is 12.3. The molecule has 0 unspecified atom stereocenters. The van der Waals surface area contributed by atoms with E-state index in [0.29, 0.717) is 35.4 Å². The summed E-state index contributed by atoms with van der Waals surface area (Å²) in [6, 6.07) is 0. The number of aliphatic hydroxyl groups is 1. The van der Waals surface area contributed by atoms with Crippen LogP contribution in [0.3, 0.4) is 0 Å². The third-order valence-electron chi connectivity index (χ3n) is 4.66. The number of nitrogens with zero attached hydrogens (tertiary/aromatic N) is 6. The average Bonchev–Trinajstić information content (AvgIpc) is 2.91. The lowest BCUT2D eigenvalue weighted by Gasteiger charge is -2.40. The molecular weight excluding hydrogens is 334 g/mol. The summed E-state index contributed by atoms with van der Waals surface area (Å²) in [6.07, 6.45) is 3.09. The van der Waals surface area contributed by atoms with Crippen molar-refractivity contribution < 1.29 is 9.59 Å². The highest BCUT2D eigenvalue weighted by Crippen LogP contribution is 2.23. The molecule has 2 aliphatic rings. The van der Waals surface area contributed by atoms with E-state index in [-0.39, 0.29) is 12.3 Å². The Morgan fingerprint density at radius 2 is 2.00 bits per heavy atom. The zero-order chi connectivity index (χ0) is 18.9. The van der Waals surface area contributed by atoms with Gasteiger partial charge in [0.25, 0.3) is 0 Å². The molecule has 0 radical (unpaired) electrons. The van der Waals surface area contributed by atoms with Gasteiger partial charge in [-0.25, -0.2) is 14.7 Å². The van der Waals surface area contributed by atoms with E-state index in [9.17, 15) is 0 Å². The molecule has 0 saturated carbocycles. The first kappa shape index (κ1) is 18.1. The van der Waals surface area contributed by atoms with Gasteiger partial charge < -0.3 is 26.0 Å². The molecule has 6 N–H and O–H groups in total. The quantitative estimate of drug-likeness (QED) is 0.520. The molecule has 10 nitrogen and oxygen atoms in total. The fourth-order valence-electron chi connectivity index (χ4n) is 2.92. The minimum atomic E-state index is -0.0623. The molecule has 1 saturated heterocycles. The van der Waals surface area contributed by atoms with Crippen LogP contribution < -0.4 is 11.5 Å². The number of hydrogen-bond acceptors (Lipinski definition) is 7. The molecule has 1 fully saturated rings. The van der Waals surface area contributed by atoms with Crippen LogP contribution in [0, 0.1) is 5.41 Å². The van der Waals surface area contributed by atoms with E-state index < -0.39 is 0 Å². The SMILES string of the molecule is C[N+]1(C)CCN(C2=N/C(=N\c3cnn(CCO)c3N)C(N)=CC2=N)CC1. The van der Waals surface area contributed by atoms with Crippen LogP contribution in [0.4, 0.5) is 11.5 Å². The van der Waals surface area contributed by atoms with E-state index in [1.165, 1.54) is 10.9 Å². The first-order valence-electron chi connectivity index (χ1n) is 8.54. The fraction of sp³-hybridized carbons (Fsp3) is 0.500. The molecule has 26 heavy (non-hydrogen) atoms. The molecule has 2 aliphatic heterocycles. The second kappa shape index (κ2) is 6.89. The number of hydrogen-bond donors (Lipinski definition) is 4. The monoisotopic (exact) mass is 360 g/mol. The standard InChI is InChI=1S/C16H26N9O/c1-25(2)6-3-23(4-7-25)16-12(18)9-11(17)15(22-16)21-13-10-20-24(5-8-26)14(13)19/h9-10,18,26H,3-8,17,19H2,1-2H3/q+1/b18-12?,21-15-. The van der Waals surface area contributed by atoms with Crippen molar-refractivity contribution in [2.75, 3.05) is 52.6 Å². The summed E-state index contributed by atoms with van der Waals surface area (Å²) in [5.41, 5.74) is 13.1. The van der Waals surface area contributed by atoms with Crippen molar-refractivity contribution in [3.63, 3.8) is 0 Å². The number of amidine groups is 2. The minimum Gasteiger partial charge on any atom is -0.396 e. The Hall–Kier alpha value is -2.72. The third kappa shape index (κ3) is 3.60. The number of dihydropyridines is 1. The van der Waals surface area contributed by atoms with Crippen LogP contribution >= 0.6 is 0 Å². The second-order valence-corrected chi connectivity index (χ2v) is 7.12. The lowest BCUT2D eigenvalue weighted by Crippen LogP contribution is -2.57. The van der Waals surface area contributed by atoms with Gasteiger partial charge in [0.05, 0.1) is 71.0 Å². The molecule has 0 aromatic carbocycles. The van der Waals surface area contributed by atoms with Crippen LogP contribution in [-0.4, -0.2) is 88.5 Å². The Balaban J connectivity index is 1.88. The highest BCUT2D eigenvalue weighted by Gasteiger charge is 2.29. The minimum absolute atomic E-state index is 0.0623. The number of aliphatic hydroxyl groups excluding tert-OH is 1. The smallest absolute Gasteiger partial charge is 0.178 e. The Bertz CT molecular complexity index is 793. The highest BCUT2D eigenvalue weighted by molar-refractivity contribution is 6.48. The predicted molar refractivity (Wildman–Crippen MR) is 102 cm³/mol.